The van der Waals surface area contributed by atoms with E-state index < -0.39 is 11.6 Å². The van der Waals surface area contributed by atoms with Gasteiger partial charge in [0.15, 0.2) is 17.4 Å². The maximum atomic E-state index is 14.9. The molecule has 134 valence electrons. The molecule has 0 aliphatic heterocycles. The molecule has 4 nitrogen and oxygen atoms in total. The molecular formula is C22H16FNO3. The first kappa shape index (κ1) is 17.0. The molecule has 0 radical (unpaired) electrons. The van der Waals surface area contributed by atoms with Gasteiger partial charge in [-0.25, -0.2) is 4.39 Å². The topological polar surface area (TPSA) is 80.4 Å². The first-order chi connectivity index (χ1) is 13.0. The molecule has 4 rings (SSSR count). The largest absolute Gasteiger partial charge is 0.508 e. The fourth-order valence-corrected chi connectivity index (χ4v) is 3.43. The molecule has 5 heteroatoms. The minimum Gasteiger partial charge on any atom is -0.508 e. The number of anilines is 1. The molecule has 1 aliphatic rings. The summed E-state index contributed by atoms with van der Waals surface area (Å²) in [5.74, 6) is -1.55. The number of hydrogen-bond donors (Lipinski definition) is 2. The molecule has 0 heterocycles. The number of carbonyl (C=O) groups excluding carboxylic acids is 2. The van der Waals surface area contributed by atoms with Crippen LogP contribution in [0.3, 0.4) is 0 Å². The molecular weight excluding hydrogens is 345 g/mol. The molecule has 0 unspecified atom stereocenters. The zero-order valence-corrected chi connectivity index (χ0v) is 14.3. The highest BCUT2D eigenvalue weighted by molar-refractivity contribution is 6.28. The van der Waals surface area contributed by atoms with E-state index in [2.05, 4.69) is 0 Å². The third-order valence-corrected chi connectivity index (χ3v) is 4.90. The van der Waals surface area contributed by atoms with Gasteiger partial charge in [0.1, 0.15) is 5.75 Å². The molecule has 3 aromatic carbocycles. The Labute approximate surface area is 155 Å². The van der Waals surface area contributed by atoms with Gasteiger partial charge in [-0.2, -0.15) is 0 Å². The van der Waals surface area contributed by atoms with Crippen LogP contribution in [0.5, 0.6) is 5.75 Å². The summed E-state index contributed by atoms with van der Waals surface area (Å²) < 4.78 is 14.9. The summed E-state index contributed by atoms with van der Waals surface area (Å²) in [5, 5.41) is 9.35. The highest BCUT2D eigenvalue weighted by atomic mass is 19.1. The Morgan fingerprint density at radius 3 is 2.15 bits per heavy atom. The van der Waals surface area contributed by atoms with E-state index in [0.29, 0.717) is 18.4 Å². The van der Waals surface area contributed by atoms with Gasteiger partial charge in [0.25, 0.3) is 0 Å². The number of carbonyl (C=O) groups is 2. The van der Waals surface area contributed by atoms with E-state index in [1.165, 1.54) is 12.1 Å². The summed E-state index contributed by atoms with van der Waals surface area (Å²) in [6.45, 7) is 0. The molecule has 1 aliphatic carbocycles. The second-order valence-electron chi connectivity index (χ2n) is 6.56. The van der Waals surface area contributed by atoms with Gasteiger partial charge in [0.2, 0.25) is 0 Å². The minimum atomic E-state index is -0.832. The number of nitrogen functional groups attached to an aromatic ring is 1. The van der Waals surface area contributed by atoms with Gasteiger partial charge in [0, 0.05) is 16.7 Å². The number of rotatable bonds is 3. The summed E-state index contributed by atoms with van der Waals surface area (Å²) in [5.41, 5.74) is 7.56. The molecule has 3 aromatic rings. The van der Waals surface area contributed by atoms with Gasteiger partial charge in [-0.3, -0.25) is 9.59 Å². The normalized spacial score (nSPS) is 12.6. The van der Waals surface area contributed by atoms with Crippen molar-refractivity contribution >= 4 is 17.3 Å². The summed E-state index contributed by atoms with van der Waals surface area (Å²) in [7, 11) is 0. The quantitative estimate of drug-likeness (QED) is 0.546. The van der Waals surface area contributed by atoms with Crippen molar-refractivity contribution in [3.63, 3.8) is 0 Å². The van der Waals surface area contributed by atoms with Crippen molar-refractivity contribution in [2.75, 3.05) is 5.73 Å². The van der Waals surface area contributed by atoms with Crippen molar-refractivity contribution in [3.8, 4) is 5.75 Å². The Kier molecular flexibility index (Phi) is 4.00. The third kappa shape index (κ3) is 2.77. The van der Waals surface area contributed by atoms with Crippen LogP contribution < -0.4 is 5.73 Å². The van der Waals surface area contributed by atoms with Gasteiger partial charge >= 0.3 is 0 Å². The number of benzene rings is 3. The van der Waals surface area contributed by atoms with Crippen molar-refractivity contribution in [2.45, 2.75) is 12.8 Å². The molecule has 0 spiro atoms. The number of aromatic hydroxyl groups is 1. The van der Waals surface area contributed by atoms with Gasteiger partial charge in [-0.1, -0.05) is 36.4 Å². The molecule has 27 heavy (non-hydrogen) atoms. The average molecular weight is 361 g/mol. The zero-order chi connectivity index (χ0) is 19.1. The van der Waals surface area contributed by atoms with Crippen LogP contribution in [0.2, 0.25) is 0 Å². The maximum absolute atomic E-state index is 14.9. The SMILES string of the molecule is Nc1c(CCc2ccc(O)cc2)cc2c(c1F)C(=O)c1ccccc1C2=O. The maximum Gasteiger partial charge on any atom is 0.197 e. The molecule has 0 aromatic heterocycles. The Morgan fingerprint density at radius 2 is 1.48 bits per heavy atom. The molecule has 0 bridgehead atoms. The minimum absolute atomic E-state index is 0.0612. The predicted molar refractivity (Wildman–Crippen MR) is 99.6 cm³/mol. The Bertz CT molecular complexity index is 1090. The van der Waals surface area contributed by atoms with Crippen LogP contribution in [0.4, 0.5) is 10.1 Å². The van der Waals surface area contributed by atoms with E-state index in [4.69, 9.17) is 5.73 Å². The molecule has 0 atom stereocenters. The average Bonchev–Trinajstić information content (AvgIpc) is 2.68. The Balaban J connectivity index is 1.74. The van der Waals surface area contributed by atoms with E-state index in [1.807, 2.05) is 0 Å². The van der Waals surface area contributed by atoms with Crippen LogP contribution in [0.15, 0.2) is 54.6 Å². The van der Waals surface area contributed by atoms with Crippen molar-refractivity contribution in [1.29, 1.82) is 0 Å². The number of phenols is 1. The predicted octanol–water partition coefficient (Wildman–Crippen LogP) is 3.67. The molecule has 3 N–H and O–H groups in total. The number of hydrogen-bond acceptors (Lipinski definition) is 4. The van der Waals surface area contributed by atoms with E-state index >= 15 is 0 Å². The molecule has 0 saturated carbocycles. The van der Waals surface area contributed by atoms with Crippen LogP contribution in [-0.4, -0.2) is 16.7 Å². The number of aryl methyl sites for hydroxylation is 2. The second-order valence-corrected chi connectivity index (χ2v) is 6.56. The lowest BCUT2D eigenvalue weighted by Crippen LogP contribution is -2.23. The highest BCUT2D eigenvalue weighted by Crippen LogP contribution is 2.33. The highest BCUT2D eigenvalue weighted by Gasteiger charge is 2.33. The summed E-state index contributed by atoms with van der Waals surface area (Å²) in [6.07, 6.45) is 0.964. The fraction of sp³-hybridized carbons (Fsp3) is 0.0909. The van der Waals surface area contributed by atoms with Crippen molar-refractivity contribution < 1.29 is 19.1 Å². The van der Waals surface area contributed by atoms with Gasteiger partial charge in [-0.15, -0.1) is 0 Å². The summed E-state index contributed by atoms with van der Waals surface area (Å²) in [6, 6.07) is 14.6. The summed E-state index contributed by atoms with van der Waals surface area (Å²) >= 11 is 0. The zero-order valence-electron chi connectivity index (χ0n) is 14.3. The lowest BCUT2D eigenvalue weighted by atomic mass is 9.82. The monoisotopic (exact) mass is 361 g/mol. The number of nitrogens with two attached hydrogens (primary N) is 1. The van der Waals surface area contributed by atoms with Gasteiger partial charge in [0.05, 0.1) is 11.3 Å². The van der Waals surface area contributed by atoms with E-state index in [-0.39, 0.29) is 39.5 Å². The molecule has 0 saturated heterocycles. The van der Waals surface area contributed by atoms with Crippen LogP contribution in [0.1, 0.15) is 43.0 Å². The van der Waals surface area contributed by atoms with Crippen molar-refractivity contribution in [1.82, 2.24) is 0 Å². The first-order valence-electron chi connectivity index (χ1n) is 8.54. The van der Waals surface area contributed by atoms with E-state index in [9.17, 15) is 19.1 Å². The van der Waals surface area contributed by atoms with Crippen LogP contribution >= 0.6 is 0 Å². The fourth-order valence-electron chi connectivity index (χ4n) is 3.43. The smallest absolute Gasteiger partial charge is 0.197 e. The van der Waals surface area contributed by atoms with Gasteiger partial charge < -0.3 is 10.8 Å². The molecule has 0 fully saturated rings. The third-order valence-electron chi connectivity index (χ3n) is 4.90. The standard InChI is InChI=1S/C22H16FNO3/c23-19-18-17(21(26)15-3-1-2-4-16(15)22(18)27)11-13(20(19)24)8-5-12-6-9-14(25)10-7-12/h1-4,6-7,9-11,25H,5,8,24H2. The summed E-state index contributed by atoms with van der Waals surface area (Å²) in [4.78, 5) is 25.5. The first-order valence-corrected chi connectivity index (χ1v) is 8.54. The van der Waals surface area contributed by atoms with Crippen LogP contribution in [0.25, 0.3) is 0 Å². The Morgan fingerprint density at radius 1 is 0.852 bits per heavy atom. The number of phenolic OH excluding ortho intramolecular Hbond substituents is 1. The van der Waals surface area contributed by atoms with Crippen LogP contribution in [-0.2, 0) is 12.8 Å². The van der Waals surface area contributed by atoms with Crippen LogP contribution in [0, 0.1) is 5.82 Å². The lowest BCUT2D eigenvalue weighted by Gasteiger charge is -2.20. The number of halogens is 1. The van der Waals surface area contributed by atoms with Gasteiger partial charge in [-0.05, 0) is 42.2 Å². The second kappa shape index (κ2) is 6.36. The van der Waals surface area contributed by atoms with E-state index in [1.54, 1.807) is 42.5 Å². The van der Waals surface area contributed by atoms with Crippen molar-refractivity contribution in [3.05, 3.63) is 93.8 Å². The Hall–Kier alpha value is -3.47. The number of ketones is 2. The van der Waals surface area contributed by atoms with Crippen molar-refractivity contribution in [2.24, 2.45) is 0 Å². The van der Waals surface area contributed by atoms with E-state index in [0.717, 1.165) is 5.56 Å². The number of fused-ring (bicyclic) bond motifs is 2. The lowest BCUT2D eigenvalue weighted by molar-refractivity contribution is 0.0976. The molecule has 0 amide bonds.